The molecule has 30 heavy (non-hydrogen) atoms. The third-order valence-corrected chi connectivity index (χ3v) is 5.65. The van der Waals surface area contributed by atoms with Gasteiger partial charge in [-0.2, -0.15) is 0 Å². The van der Waals surface area contributed by atoms with E-state index in [2.05, 4.69) is 5.32 Å². The van der Waals surface area contributed by atoms with Gasteiger partial charge in [0.05, 0.1) is 17.2 Å². The maximum Gasteiger partial charge on any atom is 0.234 e. The number of benzene rings is 2. The molecule has 1 fully saturated rings. The van der Waals surface area contributed by atoms with Crippen LogP contribution in [-0.2, 0) is 11.3 Å². The summed E-state index contributed by atoms with van der Waals surface area (Å²) in [4.78, 5) is 14.3. The number of nitrogens with zero attached hydrogens (tertiary/aromatic N) is 1. The Morgan fingerprint density at radius 3 is 2.90 bits per heavy atom. The van der Waals surface area contributed by atoms with Crippen LogP contribution in [0.25, 0.3) is 0 Å². The van der Waals surface area contributed by atoms with E-state index in [1.54, 1.807) is 18.2 Å². The number of carbonyl (C=O) groups excluding carboxylic acids is 1. The molecule has 3 rings (SSSR count). The highest BCUT2D eigenvalue weighted by Crippen LogP contribution is 2.28. The third kappa shape index (κ3) is 6.69. The number of likely N-dealkylation sites (tertiary alicyclic amines) is 1. The lowest BCUT2D eigenvalue weighted by Gasteiger charge is -2.27. The van der Waals surface area contributed by atoms with Crippen LogP contribution in [0.1, 0.15) is 30.4 Å². The molecule has 0 unspecified atom stereocenters. The van der Waals surface area contributed by atoms with Crippen LogP contribution in [0.15, 0.2) is 42.5 Å². The van der Waals surface area contributed by atoms with E-state index in [9.17, 15) is 14.3 Å². The molecule has 0 radical (unpaired) electrons. The molecule has 1 saturated heterocycles. The Labute approximate surface area is 181 Å². The molecule has 1 aliphatic rings. The molecule has 1 heterocycles. The van der Waals surface area contributed by atoms with Gasteiger partial charge in [0.1, 0.15) is 18.2 Å². The average Bonchev–Trinajstić information content (AvgIpc) is 2.89. The molecule has 0 saturated carbocycles. The van der Waals surface area contributed by atoms with Crippen molar-refractivity contribution in [3.8, 4) is 5.75 Å². The van der Waals surface area contributed by atoms with E-state index in [-0.39, 0.29) is 24.9 Å². The Kier molecular flexibility index (Phi) is 7.69. The first-order valence-corrected chi connectivity index (χ1v) is 10.6. The molecule has 1 aliphatic heterocycles. The van der Waals surface area contributed by atoms with Crippen molar-refractivity contribution in [3.05, 3.63) is 64.4 Å². The van der Waals surface area contributed by atoms with E-state index in [1.807, 2.05) is 24.0 Å². The molecule has 1 atom stereocenters. The summed E-state index contributed by atoms with van der Waals surface area (Å²) in [5, 5.41) is 14.3. The van der Waals surface area contributed by atoms with Gasteiger partial charge in [-0.25, -0.2) is 4.39 Å². The summed E-state index contributed by atoms with van der Waals surface area (Å²) in [6.45, 7) is 3.97. The van der Waals surface area contributed by atoms with Crippen LogP contribution in [0.3, 0.4) is 0 Å². The number of hydrogen-bond acceptors (Lipinski definition) is 4. The second-order valence-corrected chi connectivity index (χ2v) is 8.39. The lowest BCUT2D eigenvalue weighted by molar-refractivity contribution is -0.122. The number of aliphatic hydroxyl groups is 1. The smallest absolute Gasteiger partial charge is 0.234 e. The molecule has 0 bridgehead atoms. The fourth-order valence-corrected chi connectivity index (χ4v) is 3.75. The fourth-order valence-electron chi connectivity index (χ4n) is 3.58. The van der Waals surface area contributed by atoms with Crippen molar-refractivity contribution in [2.24, 2.45) is 0 Å². The van der Waals surface area contributed by atoms with Crippen molar-refractivity contribution in [2.45, 2.75) is 38.3 Å². The zero-order valence-electron chi connectivity index (χ0n) is 17.2. The van der Waals surface area contributed by atoms with Gasteiger partial charge in [-0.15, -0.1) is 0 Å². The minimum atomic E-state index is -0.958. The Morgan fingerprint density at radius 2 is 2.10 bits per heavy atom. The van der Waals surface area contributed by atoms with Crippen LogP contribution in [0.2, 0.25) is 5.02 Å². The summed E-state index contributed by atoms with van der Waals surface area (Å²) in [6, 6.07) is 11.7. The van der Waals surface area contributed by atoms with Crippen molar-refractivity contribution in [2.75, 3.05) is 26.2 Å². The van der Waals surface area contributed by atoms with Crippen LogP contribution in [0.5, 0.6) is 5.75 Å². The van der Waals surface area contributed by atoms with Crippen LogP contribution in [0, 0.1) is 12.7 Å². The number of rotatable bonds is 7. The van der Waals surface area contributed by atoms with Crippen molar-refractivity contribution >= 4 is 17.5 Å². The summed E-state index contributed by atoms with van der Waals surface area (Å²) < 4.78 is 19.1. The Hall–Kier alpha value is -2.15. The predicted molar refractivity (Wildman–Crippen MR) is 115 cm³/mol. The maximum absolute atomic E-state index is 13.2. The molecule has 0 aromatic heterocycles. The lowest BCUT2D eigenvalue weighted by Crippen LogP contribution is -2.40. The molecule has 2 aromatic rings. The van der Waals surface area contributed by atoms with E-state index >= 15 is 0 Å². The Morgan fingerprint density at radius 1 is 1.27 bits per heavy atom. The highest BCUT2D eigenvalue weighted by Gasteiger charge is 2.31. The zero-order valence-corrected chi connectivity index (χ0v) is 17.9. The lowest BCUT2D eigenvalue weighted by atomic mass is 9.96. The first-order chi connectivity index (χ1) is 14.3. The van der Waals surface area contributed by atoms with Crippen LogP contribution >= 0.6 is 11.6 Å². The molecule has 2 N–H and O–H groups in total. The van der Waals surface area contributed by atoms with Gasteiger partial charge in [-0.3, -0.25) is 9.69 Å². The standard InChI is InChI=1S/C23H28ClFN2O3/c1-17-6-7-20(24)21(12-17)30-16-23(29)8-3-10-27(11-9-23)15-22(28)26-14-18-4-2-5-19(25)13-18/h2,4-7,12-13,29H,3,8-11,14-16H2,1H3,(H,26,28)/t23-/m1/s1. The summed E-state index contributed by atoms with van der Waals surface area (Å²) >= 11 is 6.17. The Bertz CT molecular complexity index is 879. The minimum absolute atomic E-state index is 0.118. The molecule has 7 heteroatoms. The van der Waals surface area contributed by atoms with E-state index < -0.39 is 5.60 Å². The molecule has 5 nitrogen and oxygen atoms in total. The number of halogens is 2. The van der Waals surface area contributed by atoms with Crippen molar-refractivity contribution in [1.29, 1.82) is 0 Å². The van der Waals surface area contributed by atoms with Gasteiger partial charge < -0.3 is 15.2 Å². The summed E-state index contributed by atoms with van der Waals surface area (Å²) in [7, 11) is 0. The second kappa shape index (κ2) is 10.2. The maximum atomic E-state index is 13.2. The number of ether oxygens (including phenoxy) is 1. The summed E-state index contributed by atoms with van der Waals surface area (Å²) in [6.07, 6.45) is 1.87. The number of aryl methyl sites for hydroxylation is 1. The van der Waals surface area contributed by atoms with Gasteiger partial charge in [0.25, 0.3) is 0 Å². The van der Waals surface area contributed by atoms with Crippen molar-refractivity contribution < 1.29 is 19.0 Å². The topological polar surface area (TPSA) is 61.8 Å². The van der Waals surface area contributed by atoms with Crippen molar-refractivity contribution in [1.82, 2.24) is 10.2 Å². The predicted octanol–water partition coefficient (Wildman–Crippen LogP) is 3.70. The third-order valence-electron chi connectivity index (χ3n) is 5.34. The first-order valence-electron chi connectivity index (χ1n) is 10.2. The van der Waals surface area contributed by atoms with Gasteiger partial charge in [-0.05, 0) is 68.1 Å². The van der Waals surface area contributed by atoms with Gasteiger partial charge >= 0.3 is 0 Å². The van der Waals surface area contributed by atoms with Crippen LogP contribution in [-0.4, -0.2) is 47.8 Å². The molecule has 1 amide bonds. The zero-order chi connectivity index (χ0) is 21.6. The largest absolute Gasteiger partial charge is 0.489 e. The van der Waals surface area contributed by atoms with Crippen LogP contribution < -0.4 is 10.1 Å². The van der Waals surface area contributed by atoms with Crippen LogP contribution in [0.4, 0.5) is 4.39 Å². The molecule has 0 spiro atoms. The molecule has 162 valence electrons. The average molecular weight is 435 g/mol. The molecule has 0 aliphatic carbocycles. The van der Waals surface area contributed by atoms with Gasteiger partial charge in [-0.1, -0.05) is 29.8 Å². The monoisotopic (exact) mass is 434 g/mol. The molecule has 2 aromatic carbocycles. The van der Waals surface area contributed by atoms with E-state index in [1.165, 1.54) is 12.1 Å². The normalized spacial score (nSPS) is 19.9. The quantitative estimate of drug-likeness (QED) is 0.697. The number of hydrogen-bond donors (Lipinski definition) is 2. The fraction of sp³-hybridized carbons (Fsp3) is 0.435. The number of carbonyl (C=O) groups is 1. The number of amides is 1. The van der Waals surface area contributed by atoms with Gasteiger partial charge in [0, 0.05) is 13.1 Å². The number of nitrogens with one attached hydrogen (secondary N) is 1. The van der Waals surface area contributed by atoms with E-state index in [0.29, 0.717) is 36.7 Å². The summed E-state index contributed by atoms with van der Waals surface area (Å²) in [5.74, 6) is 0.137. The highest BCUT2D eigenvalue weighted by molar-refractivity contribution is 6.32. The van der Waals surface area contributed by atoms with E-state index in [0.717, 1.165) is 24.1 Å². The van der Waals surface area contributed by atoms with E-state index in [4.69, 9.17) is 16.3 Å². The Balaban J connectivity index is 1.46. The first kappa shape index (κ1) is 22.5. The minimum Gasteiger partial charge on any atom is -0.489 e. The van der Waals surface area contributed by atoms with Crippen molar-refractivity contribution in [3.63, 3.8) is 0 Å². The van der Waals surface area contributed by atoms with Gasteiger partial charge in [0.2, 0.25) is 5.91 Å². The highest BCUT2D eigenvalue weighted by atomic mass is 35.5. The second-order valence-electron chi connectivity index (χ2n) is 7.98. The SMILES string of the molecule is Cc1ccc(Cl)c(OC[C@@]2(O)CCCN(CC(=O)NCc3cccc(F)c3)CC2)c1. The van der Waals surface area contributed by atoms with Gasteiger partial charge in [0.15, 0.2) is 0 Å². The summed E-state index contributed by atoms with van der Waals surface area (Å²) in [5.41, 5.74) is 0.804. The molecular weight excluding hydrogens is 407 g/mol. The molecular formula is C23H28ClFN2O3.